The first-order chi connectivity index (χ1) is 10.2. The Labute approximate surface area is 127 Å². The summed E-state index contributed by atoms with van der Waals surface area (Å²) < 4.78 is 8.01. The molecule has 2 aromatic rings. The van der Waals surface area contributed by atoms with Crippen LogP contribution in [0.2, 0.25) is 0 Å². The number of hydrogen-bond acceptors (Lipinski definition) is 3. The van der Waals surface area contributed by atoms with Gasteiger partial charge in [0.15, 0.2) is 0 Å². The Hall–Kier alpha value is -1.81. The summed E-state index contributed by atoms with van der Waals surface area (Å²) in [5.74, 6) is 0.968. The van der Waals surface area contributed by atoms with Gasteiger partial charge in [-0.25, -0.2) is 4.98 Å². The first kappa shape index (κ1) is 15.6. The van der Waals surface area contributed by atoms with E-state index in [9.17, 15) is 0 Å². The Morgan fingerprint density at radius 1 is 1.38 bits per heavy atom. The molecule has 114 valence electrons. The Balaban J connectivity index is 1.89. The molecule has 1 atom stereocenters. The number of ether oxygens (including phenoxy) is 1. The maximum Gasteiger partial charge on any atom is 0.122 e. The van der Waals surface area contributed by atoms with Crippen LogP contribution in [0.25, 0.3) is 0 Å². The summed E-state index contributed by atoms with van der Waals surface area (Å²) in [5.41, 5.74) is 8.54. The molecule has 1 aromatic carbocycles. The lowest BCUT2D eigenvalue weighted by Crippen LogP contribution is -2.22. The highest BCUT2D eigenvalue weighted by atomic mass is 16.5. The largest absolute Gasteiger partial charge is 0.493 e. The standard InChI is InChI=1S/C17H25N3O/c1-3-16(18)12-15-11-14(2)5-6-17(15)21-10-4-8-20-9-7-19-13-20/h5-7,9,11,13,16H,3-4,8,10,12,18H2,1-2H3. The van der Waals surface area contributed by atoms with Crippen molar-refractivity contribution in [2.24, 2.45) is 5.73 Å². The summed E-state index contributed by atoms with van der Waals surface area (Å²) >= 11 is 0. The van der Waals surface area contributed by atoms with E-state index in [1.165, 1.54) is 11.1 Å². The van der Waals surface area contributed by atoms with Crippen LogP contribution in [0, 0.1) is 6.92 Å². The highest BCUT2D eigenvalue weighted by molar-refractivity contribution is 5.37. The van der Waals surface area contributed by atoms with E-state index >= 15 is 0 Å². The lowest BCUT2D eigenvalue weighted by Gasteiger charge is -2.15. The van der Waals surface area contributed by atoms with Gasteiger partial charge >= 0.3 is 0 Å². The van der Waals surface area contributed by atoms with Crippen LogP contribution in [0.3, 0.4) is 0 Å². The number of rotatable bonds is 8. The molecule has 0 aliphatic rings. The molecule has 21 heavy (non-hydrogen) atoms. The number of aryl methyl sites for hydroxylation is 2. The second-order valence-electron chi connectivity index (χ2n) is 5.49. The van der Waals surface area contributed by atoms with Gasteiger partial charge in [0.05, 0.1) is 12.9 Å². The maximum atomic E-state index is 6.08. The molecule has 0 amide bonds. The number of benzene rings is 1. The average molecular weight is 287 g/mol. The minimum absolute atomic E-state index is 0.195. The minimum Gasteiger partial charge on any atom is -0.493 e. The molecule has 0 aliphatic heterocycles. The first-order valence-corrected chi connectivity index (χ1v) is 7.62. The lowest BCUT2D eigenvalue weighted by atomic mass is 10.0. The van der Waals surface area contributed by atoms with Crippen LogP contribution in [0.5, 0.6) is 5.75 Å². The zero-order valence-corrected chi connectivity index (χ0v) is 13.0. The number of aromatic nitrogens is 2. The van der Waals surface area contributed by atoms with Crippen LogP contribution in [-0.2, 0) is 13.0 Å². The van der Waals surface area contributed by atoms with Crippen LogP contribution in [0.15, 0.2) is 36.9 Å². The van der Waals surface area contributed by atoms with Crippen molar-refractivity contribution in [2.75, 3.05) is 6.61 Å². The summed E-state index contributed by atoms with van der Waals surface area (Å²) in [4.78, 5) is 4.03. The van der Waals surface area contributed by atoms with Gasteiger partial charge in [0.1, 0.15) is 5.75 Å². The van der Waals surface area contributed by atoms with E-state index in [1.807, 2.05) is 12.5 Å². The summed E-state index contributed by atoms with van der Waals surface area (Å²) in [6.07, 6.45) is 8.41. The van der Waals surface area contributed by atoms with E-state index in [0.29, 0.717) is 6.61 Å². The maximum absolute atomic E-state index is 6.08. The number of nitrogens with two attached hydrogens (primary N) is 1. The molecule has 0 saturated carbocycles. The normalized spacial score (nSPS) is 12.3. The van der Waals surface area contributed by atoms with E-state index in [1.54, 1.807) is 6.20 Å². The van der Waals surface area contributed by atoms with Crippen LogP contribution in [0.1, 0.15) is 30.9 Å². The third-order valence-corrected chi connectivity index (χ3v) is 3.60. The molecule has 0 saturated heterocycles. The van der Waals surface area contributed by atoms with Crippen molar-refractivity contribution in [1.82, 2.24) is 9.55 Å². The predicted octanol–water partition coefficient (Wildman–Crippen LogP) is 2.94. The Morgan fingerprint density at radius 3 is 2.95 bits per heavy atom. The highest BCUT2D eigenvalue weighted by Gasteiger charge is 2.08. The topological polar surface area (TPSA) is 53.1 Å². The zero-order chi connectivity index (χ0) is 15.1. The van der Waals surface area contributed by atoms with Gasteiger partial charge in [0, 0.05) is 25.0 Å². The highest BCUT2D eigenvalue weighted by Crippen LogP contribution is 2.22. The third-order valence-electron chi connectivity index (χ3n) is 3.60. The fourth-order valence-electron chi connectivity index (χ4n) is 2.28. The second kappa shape index (κ2) is 7.84. The van der Waals surface area contributed by atoms with Crippen molar-refractivity contribution in [1.29, 1.82) is 0 Å². The molecule has 1 heterocycles. The molecule has 4 nitrogen and oxygen atoms in total. The van der Waals surface area contributed by atoms with Crippen molar-refractivity contribution in [3.63, 3.8) is 0 Å². The smallest absolute Gasteiger partial charge is 0.122 e. The molecule has 0 fully saturated rings. The first-order valence-electron chi connectivity index (χ1n) is 7.62. The van der Waals surface area contributed by atoms with Gasteiger partial charge in [-0.15, -0.1) is 0 Å². The van der Waals surface area contributed by atoms with E-state index < -0.39 is 0 Å². The SMILES string of the molecule is CCC(N)Cc1cc(C)ccc1OCCCn1ccnc1. The molecule has 0 spiro atoms. The molecular weight excluding hydrogens is 262 g/mol. The summed E-state index contributed by atoms with van der Waals surface area (Å²) in [6.45, 7) is 5.85. The zero-order valence-electron chi connectivity index (χ0n) is 13.0. The molecular formula is C17H25N3O. The van der Waals surface area contributed by atoms with Gasteiger partial charge in [0.2, 0.25) is 0 Å². The number of nitrogens with zero attached hydrogens (tertiary/aromatic N) is 2. The molecule has 0 radical (unpaired) electrons. The van der Waals surface area contributed by atoms with Gasteiger partial charge in [-0.2, -0.15) is 0 Å². The van der Waals surface area contributed by atoms with Gasteiger partial charge in [-0.05, 0) is 37.8 Å². The number of imidazole rings is 1. The third kappa shape index (κ3) is 4.90. The van der Waals surface area contributed by atoms with Crippen LogP contribution < -0.4 is 10.5 Å². The quantitative estimate of drug-likeness (QED) is 0.759. The van der Waals surface area contributed by atoms with E-state index in [2.05, 4.69) is 41.6 Å². The molecule has 2 N–H and O–H groups in total. The Morgan fingerprint density at radius 2 is 2.24 bits per heavy atom. The predicted molar refractivity (Wildman–Crippen MR) is 85.5 cm³/mol. The Bertz CT molecular complexity index is 537. The summed E-state index contributed by atoms with van der Waals surface area (Å²) in [7, 11) is 0. The van der Waals surface area contributed by atoms with Crippen molar-refractivity contribution in [2.45, 2.75) is 45.7 Å². The van der Waals surface area contributed by atoms with Crippen molar-refractivity contribution in [3.8, 4) is 5.75 Å². The van der Waals surface area contributed by atoms with Crippen molar-refractivity contribution >= 4 is 0 Å². The molecule has 2 rings (SSSR count). The van der Waals surface area contributed by atoms with Gasteiger partial charge < -0.3 is 15.0 Å². The fourth-order valence-corrected chi connectivity index (χ4v) is 2.28. The van der Waals surface area contributed by atoms with Crippen LogP contribution in [-0.4, -0.2) is 22.2 Å². The molecule has 1 aromatic heterocycles. The average Bonchev–Trinajstić information content (AvgIpc) is 2.98. The second-order valence-corrected chi connectivity index (χ2v) is 5.49. The number of hydrogen-bond donors (Lipinski definition) is 1. The van der Waals surface area contributed by atoms with E-state index in [-0.39, 0.29) is 6.04 Å². The van der Waals surface area contributed by atoms with Gasteiger partial charge in [-0.3, -0.25) is 0 Å². The van der Waals surface area contributed by atoms with Gasteiger partial charge in [0.25, 0.3) is 0 Å². The summed E-state index contributed by atoms with van der Waals surface area (Å²) in [6, 6.07) is 6.53. The molecule has 1 unspecified atom stereocenters. The van der Waals surface area contributed by atoms with Crippen molar-refractivity contribution in [3.05, 3.63) is 48.0 Å². The molecule has 4 heteroatoms. The molecule has 0 aliphatic carbocycles. The Kier molecular flexibility index (Phi) is 5.81. The lowest BCUT2D eigenvalue weighted by molar-refractivity contribution is 0.298. The van der Waals surface area contributed by atoms with Crippen LogP contribution >= 0.6 is 0 Å². The van der Waals surface area contributed by atoms with Crippen LogP contribution in [0.4, 0.5) is 0 Å². The van der Waals surface area contributed by atoms with Gasteiger partial charge in [-0.1, -0.05) is 24.6 Å². The summed E-state index contributed by atoms with van der Waals surface area (Å²) in [5, 5.41) is 0. The monoisotopic (exact) mass is 287 g/mol. The van der Waals surface area contributed by atoms with E-state index in [4.69, 9.17) is 10.5 Å². The fraction of sp³-hybridized carbons (Fsp3) is 0.471. The van der Waals surface area contributed by atoms with E-state index in [0.717, 1.165) is 31.6 Å². The minimum atomic E-state index is 0.195. The van der Waals surface area contributed by atoms with Crippen molar-refractivity contribution < 1.29 is 4.74 Å². The molecule has 0 bridgehead atoms.